The molecule has 0 spiro atoms. The van der Waals surface area contributed by atoms with Gasteiger partial charge in [-0.3, -0.25) is 0 Å². The van der Waals surface area contributed by atoms with E-state index in [0.717, 1.165) is 19.3 Å². The Morgan fingerprint density at radius 1 is 1.39 bits per heavy atom. The van der Waals surface area contributed by atoms with Crippen LogP contribution in [-0.2, 0) is 0 Å². The van der Waals surface area contributed by atoms with Crippen LogP contribution >= 0.6 is 11.6 Å². The smallest absolute Gasteiger partial charge is 0.173 e. The molecule has 1 aromatic carbocycles. The first-order chi connectivity index (χ1) is 8.60. The minimum Gasteiger partial charge on any atom is -0.489 e. The van der Waals surface area contributed by atoms with Crippen LogP contribution in [0.15, 0.2) is 12.1 Å². The number of benzene rings is 1. The Labute approximate surface area is 112 Å². The molecule has 0 aliphatic heterocycles. The van der Waals surface area contributed by atoms with E-state index in [1.165, 1.54) is 6.07 Å². The molecule has 5 heteroatoms. The van der Waals surface area contributed by atoms with Crippen molar-refractivity contribution in [1.29, 1.82) is 0 Å². The Morgan fingerprint density at radius 3 is 2.67 bits per heavy atom. The highest BCUT2D eigenvalue weighted by Crippen LogP contribution is 2.31. The molecule has 0 unspecified atom stereocenters. The summed E-state index contributed by atoms with van der Waals surface area (Å²) in [4.78, 5) is 0. The normalized spacial score (nSPS) is 12.5. The van der Waals surface area contributed by atoms with E-state index in [9.17, 15) is 4.39 Å². The van der Waals surface area contributed by atoms with E-state index < -0.39 is 5.82 Å². The molecule has 102 valence electrons. The number of hydrogen-bond acceptors (Lipinski definition) is 3. The van der Waals surface area contributed by atoms with E-state index in [-0.39, 0.29) is 16.8 Å². The highest BCUT2D eigenvalue weighted by molar-refractivity contribution is 6.32. The van der Waals surface area contributed by atoms with Crippen molar-refractivity contribution >= 4 is 11.6 Å². The van der Waals surface area contributed by atoms with Gasteiger partial charge in [0.1, 0.15) is 0 Å². The Balaban J connectivity index is 2.78. The summed E-state index contributed by atoms with van der Waals surface area (Å²) in [6, 6.07) is 2.84. The summed E-state index contributed by atoms with van der Waals surface area (Å²) in [5.74, 6) is -0.370. The van der Waals surface area contributed by atoms with Crippen LogP contribution < -0.4 is 16.2 Å². The van der Waals surface area contributed by atoms with Crippen molar-refractivity contribution in [3.05, 3.63) is 28.5 Å². The quantitative estimate of drug-likeness (QED) is 0.752. The largest absolute Gasteiger partial charge is 0.489 e. The summed E-state index contributed by atoms with van der Waals surface area (Å²) in [5, 5.41) is 0.265. The van der Waals surface area contributed by atoms with Crippen LogP contribution in [0.3, 0.4) is 0 Å². The predicted octanol–water partition coefficient (Wildman–Crippen LogP) is 3.01. The van der Waals surface area contributed by atoms with Crippen LogP contribution in [0.1, 0.15) is 37.8 Å². The molecule has 0 heterocycles. The molecule has 1 aromatic rings. The molecule has 1 rings (SSSR count). The van der Waals surface area contributed by atoms with Crippen molar-refractivity contribution in [1.82, 2.24) is 0 Å². The summed E-state index contributed by atoms with van der Waals surface area (Å²) in [6.07, 6.45) is 2.60. The van der Waals surface area contributed by atoms with Gasteiger partial charge in [-0.05, 0) is 44.0 Å². The van der Waals surface area contributed by atoms with Gasteiger partial charge < -0.3 is 16.2 Å². The Morgan fingerprint density at radius 2 is 2.11 bits per heavy atom. The van der Waals surface area contributed by atoms with Gasteiger partial charge in [-0.1, -0.05) is 18.0 Å². The molecule has 0 saturated carbocycles. The van der Waals surface area contributed by atoms with Crippen molar-refractivity contribution in [2.75, 3.05) is 13.2 Å². The number of rotatable bonds is 7. The maximum absolute atomic E-state index is 13.8. The monoisotopic (exact) mass is 274 g/mol. The molecule has 0 fully saturated rings. The van der Waals surface area contributed by atoms with E-state index in [2.05, 4.69) is 0 Å². The minimum absolute atomic E-state index is 0.0945. The van der Waals surface area contributed by atoms with Crippen molar-refractivity contribution in [2.24, 2.45) is 11.5 Å². The number of hydrogen-bond donors (Lipinski definition) is 2. The third kappa shape index (κ3) is 4.12. The van der Waals surface area contributed by atoms with Crippen LogP contribution in [-0.4, -0.2) is 13.2 Å². The van der Waals surface area contributed by atoms with Crippen LogP contribution in [0.5, 0.6) is 5.75 Å². The molecule has 0 bridgehead atoms. The summed E-state index contributed by atoms with van der Waals surface area (Å²) >= 11 is 5.98. The lowest BCUT2D eigenvalue weighted by molar-refractivity contribution is 0.321. The maximum Gasteiger partial charge on any atom is 0.173 e. The van der Waals surface area contributed by atoms with Gasteiger partial charge in [-0.2, -0.15) is 0 Å². The Bertz CT molecular complexity index is 364. The van der Waals surface area contributed by atoms with Crippen molar-refractivity contribution in [2.45, 2.75) is 32.2 Å². The molecular weight excluding hydrogens is 255 g/mol. The SMILES string of the molecule is CCOc1c(F)cc([C@H](N)CCCCN)cc1Cl. The van der Waals surface area contributed by atoms with E-state index in [1.54, 1.807) is 13.0 Å². The van der Waals surface area contributed by atoms with Gasteiger partial charge in [-0.25, -0.2) is 4.39 Å². The van der Waals surface area contributed by atoms with E-state index in [1.807, 2.05) is 0 Å². The Kier molecular flexibility index (Phi) is 6.39. The van der Waals surface area contributed by atoms with Gasteiger partial charge in [0, 0.05) is 6.04 Å². The van der Waals surface area contributed by atoms with Crippen LogP contribution in [0.25, 0.3) is 0 Å². The molecule has 0 radical (unpaired) electrons. The van der Waals surface area contributed by atoms with E-state index in [4.69, 9.17) is 27.8 Å². The molecule has 0 saturated heterocycles. The van der Waals surface area contributed by atoms with Gasteiger partial charge in [0.15, 0.2) is 11.6 Å². The summed E-state index contributed by atoms with van der Waals surface area (Å²) < 4.78 is 18.9. The molecule has 0 amide bonds. The second kappa shape index (κ2) is 7.56. The molecular formula is C13H20ClFN2O. The first-order valence-corrected chi connectivity index (χ1v) is 6.55. The van der Waals surface area contributed by atoms with Gasteiger partial charge in [0.2, 0.25) is 0 Å². The second-order valence-corrected chi connectivity index (χ2v) is 4.54. The fraction of sp³-hybridized carbons (Fsp3) is 0.538. The number of halogens is 2. The molecule has 0 aliphatic carbocycles. The van der Waals surface area contributed by atoms with Crippen molar-refractivity contribution < 1.29 is 9.13 Å². The first kappa shape index (κ1) is 15.2. The summed E-state index contributed by atoms with van der Waals surface area (Å²) in [7, 11) is 0. The lowest BCUT2D eigenvalue weighted by atomic mass is 10.0. The highest BCUT2D eigenvalue weighted by Gasteiger charge is 2.14. The number of ether oxygens (including phenoxy) is 1. The van der Waals surface area contributed by atoms with Gasteiger partial charge in [-0.15, -0.1) is 0 Å². The van der Waals surface area contributed by atoms with Crippen molar-refractivity contribution in [3.8, 4) is 5.75 Å². The zero-order chi connectivity index (χ0) is 13.5. The maximum atomic E-state index is 13.8. The molecule has 1 atom stereocenters. The third-order valence-corrected chi connectivity index (χ3v) is 2.99. The first-order valence-electron chi connectivity index (χ1n) is 6.17. The third-order valence-electron chi connectivity index (χ3n) is 2.71. The zero-order valence-corrected chi connectivity index (χ0v) is 11.3. The Hall–Kier alpha value is -0.840. The molecule has 0 aliphatic rings. The predicted molar refractivity (Wildman–Crippen MR) is 72.4 cm³/mol. The topological polar surface area (TPSA) is 61.3 Å². The van der Waals surface area contributed by atoms with E-state index in [0.29, 0.717) is 18.7 Å². The molecule has 18 heavy (non-hydrogen) atoms. The number of unbranched alkanes of at least 4 members (excludes halogenated alkanes) is 1. The van der Waals surface area contributed by atoms with Gasteiger partial charge >= 0.3 is 0 Å². The van der Waals surface area contributed by atoms with Gasteiger partial charge in [0.05, 0.1) is 11.6 Å². The summed E-state index contributed by atoms with van der Waals surface area (Å²) in [6.45, 7) is 2.80. The molecule has 3 nitrogen and oxygen atoms in total. The van der Waals surface area contributed by atoms with Gasteiger partial charge in [0.25, 0.3) is 0 Å². The average molecular weight is 275 g/mol. The van der Waals surface area contributed by atoms with E-state index >= 15 is 0 Å². The average Bonchev–Trinajstić information content (AvgIpc) is 2.33. The van der Waals surface area contributed by atoms with Crippen LogP contribution in [0.2, 0.25) is 5.02 Å². The number of nitrogens with two attached hydrogens (primary N) is 2. The fourth-order valence-corrected chi connectivity index (χ4v) is 2.02. The highest BCUT2D eigenvalue weighted by atomic mass is 35.5. The minimum atomic E-state index is -0.464. The van der Waals surface area contributed by atoms with Crippen LogP contribution in [0, 0.1) is 5.82 Å². The standard InChI is InChI=1S/C13H20ClFN2O/c1-2-18-13-10(14)7-9(8-11(13)15)12(17)5-3-4-6-16/h7-8,12H,2-6,16-17H2,1H3/t12-/m1/s1. The molecule has 0 aromatic heterocycles. The molecule has 4 N–H and O–H groups in total. The summed E-state index contributed by atoms with van der Waals surface area (Å²) in [5.41, 5.74) is 12.1. The van der Waals surface area contributed by atoms with Crippen molar-refractivity contribution in [3.63, 3.8) is 0 Å². The lowest BCUT2D eigenvalue weighted by Crippen LogP contribution is -2.12. The second-order valence-electron chi connectivity index (χ2n) is 4.14. The zero-order valence-electron chi connectivity index (χ0n) is 10.6. The van der Waals surface area contributed by atoms with Crippen LogP contribution in [0.4, 0.5) is 4.39 Å². The lowest BCUT2D eigenvalue weighted by Gasteiger charge is -2.14. The fourth-order valence-electron chi connectivity index (χ4n) is 1.75.